The van der Waals surface area contributed by atoms with Gasteiger partial charge in [-0.1, -0.05) is 12.2 Å². The summed E-state index contributed by atoms with van der Waals surface area (Å²) < 4.78 is 19.6. The Morgan fingerprint density at radius 2 is 2.10 bits per heavy atom. The second-order valence-electron chi connectivity index (χ2n) is 8.34. The average molecular weight is 433 g/mol. The minimum Gasteiger partial charge on any atom is -0.497 e. The quantitative estimate of drug-likeness (QED) is 0.443. The molecule has 0 aromatic heterocycles. The zero-order valence-corrected chi connectivity index (χ0v) is 18.4. The summed E-state index contributed by atoms with van der Waals surface area (Å²) in [7, 11) is 1.51. The second-order valence-corrected chi connectivity index (χ2v) is 8.34. The summed E-state index contributed by atoms with van der Waals surface area (Å²) in [4.78, 5) is 24.6. The molecule has 0 unspecified atom stereocenters. The van der Waals surface area contributed by atoms with Crippen LogP contribution in [0.25, 0.3) is 0 Å². The molecule has 1 heterocycles. The number of carbonyl (C=O) groups is 2. The predicted molar refractivity (Wildman–Crippen MR) is 118 cm³/mol. The lowest BCUT2D eigenvalue weighted by Gasteiger charge is -2.34. The molecule has 7 heteroatoms. The van der Waals surface area contributed by atoms with E-state index in [2.05, 4.69) is 23.8 Å². The number of hydrogen-bond acceptors (Lipinski definition) is 4. The van der Waals surface area contributed by atoms with Crippen molar-refractivity contribution in [3.8, 4) is 5.75 Å². The van der Waals surface area contributed by atoms with Crippen molar-refractivity contribution in [3.63, 3.8) is 0 Å². The highest BCUT2D eigenvalue weighted by molar-refractivity contribution is 5.80. The standard InChI is InChI=1S/C24H33FN2O4/c1-5-11-24(30,12-6-2)17(3)26-21(28)9-13-23(14-10-22(29)27-23)16-18-15-19(31-4)7-8-20(18)25/h5-8,15,17,30H,1-2,9-14,16H2,3-4H3,(H,26,28)(H,27,29)/t17-,23-/m0/s1. The van der Waals surface area contributed by atoms with Gasteiger partial charge in [-0.05, 0) is 62.8 Å². The van der Waals surface area contributed by atoms with Crippen molar-refractivity contribution in [2.24, 2.45) is 0 Å². The maximum atomic E-state index is 14.4. The Bertz CT molecular complexity index is 816. The number of hydrogen-bond donors (Lipinski definition) is 3. The SMILES string of the molecule is C=CCC(O)(CC=C)[C@H](C)NC(=O)CC[C@@]1(Cc2cc(OC)ccc2F)CCC(=O)N1. The first kappa shape index (κ1) is 24.6. The molecule has 0 saturated carbocycles. The fourth-order valence-corrected chi connectivity index (χ4v) is 4.10. The summed E-state index contributed by atoms with van der Waals surface area (Å²) in [5.41, 5.74) is -1.44. The van der Waals surface area contributed by atoms with E-state index in [1.807, 2.05) is 0 Å². The van der Waals surface area contributed by atoms with Crippen LogP contribution in [0.2, 0.25) is 0 Å². The van der Waals surface area contributed by atoms with E-state index >= 15 is 0 Å². The van der Waals surface area contributed by atoms with Crippen molar-refractivity contribution in [2.75, 3.05) is 7.11 Å². The highest BCUT2D eigenvalue weighted by Crippen LogP contribution is 2.32. The Morgan fingerprint density at radius 3 is 2.65 bits per heavy atom. The van der Waals surface area contributed by atoms with Gasteiger partial charge in [0.05, 0.1) is 18.8 Å². The van der Waals surface area contributed by atoms with Crippen LogP contribution in [0, 0.1) is 5.82 Å². The monoisotopic (exact) mass is 432 g/mol. The van der Waals surface area contributed by atoms with Gasteiger partial charge in [-0.25, -0.2) is 4.39 Å². The summed E-state index contributed by atoms with van der Waals surface area (Å²) in [6.45, 7) is 9.07. The first-order chi connectivity index (χ1) is 14.7. The third kappa shape index (κ3) is 6.40. The first-order valence-corrected chi connectivity index (χ1v) is 10.5. The lowest BCUT2D eigenvalue weighted by Crippen LogP contribution is -2.51. The van der Waals surface area contributed by atoms with Gasteiger partial charge in [-0.3, -0.25) is 9.59 Å². The summed E-state index contributed by atoms with van der Waals surface area (Å²) in [5.74, 6) is -0.196. The maximum Gasteiger partial charge on any atom is 0.220 e. The van der Waals surface area contributed by atoms with Gasteiger partial charge in [0.2, 0.25) is 11.8 Å². The number of halogens is 1. The fraction of sp³-hybridized carbons (Fsp3) is 0.500. The molecular weight excluding hydrogens is 399 g/mol. The predicted octanol–water partition coefficient (Wildman–Crippen LogP) is 3.19. The summed E-state index contributed by atoms with van der Waals surface area (Å²) in [5, 5.41) is 16.6. The molecular formula is C24H33FN2O4. The Morgan fingerprint density at radius 1 is 1.42 bits per heavy atom. The molecule has 2 atom stereocenters. The molecule has 1 aromatic rings. The van der Waals surface area contributed by atoms with Gasteiger partial charge in [-0.15, -0.1) is 13.2 Å². The molecule has 0 aliphatic carbocycles. The molecule has 31 heavy (non-hydrogen) atoms. The molecule has 170 valence electrons. The summed E-state index contributed by atoms with van der Waals surface area (Å²) >= 11 is 0. The van der Waals surface area contributed by atoms with Crippen LogP contribution in [-0.2, 0) is 16.0 Å². The highest BCUT2D eigenvalue weighted by atomic mass is 19.1. The number of rotatable bonds is 12. The van der Waals surface area contributed by atoms with Gasteiger partial charge in [0.15, 0.2) is 0 Å². The molecule has 1 saturated heterocycles. The van der Waals surface area contributed by atoms with E-state index < -0.39 is 17.2 Å². The molecule has 1 aromatic carbocycles. The van der Waals surface area contributed by atoms with E-state index in [0.717, 1.165) is 0 Å². The average Bonchev–Trinajstić information content (AvgIpc) is 3.09. The van der Waals surface area contributed by atoms with Crippen LogP contribution in [0.4, 0.5) is 4.39 Å². The van der Waals surface area contributed by atoms with Crippen molar-refractivity contribution < 1.29 is 23.8 Å². The Labute approximate surface area is 183 Å². The number of ether oxygens (including phenoxy) is 1. The van der Waals surface area contributed by atoms with Crippen LogP contribution in [0.15, 0.2) is 43.5 Å². The Kier molecular flexibility index (Phi) is 8.39. The largest absolute Gasteiger partial charge is 0.497 e. The lowest BCUT2D eigenvalue weighted by atomic mass is 9.84. The zero-order valence-electron chi connectivity index (χ0n) is 18.4. The number of nitrogens with one attached hydrogen (secondary N) is 2. The first-order valence-electron chi connectivity index (χ1n) is 10.5. The van der Waals surface area contributed by atoms with Crippen molar-refractivity contribution in [1.29, 1.82) is 0 Å². The topological polar surface area (TPSA) is 87.7 Å². The van der Waals surface area contributed by atoms with E-state index in [0.29, 0.717) is 43.4 Å². The van der Waals surface area contributed by atoms with Crippen LogP contribution in [0.1, 0.15) is 51.0 Å². The van der Waals surface area contributed by atoms with Gasteiger partial charge in [0, 0.05) is 18.4 Å². The Balaban J connectivity index is 2.08. The zero-order chi connectivity index (χ0) is 23.1. The minimum atomic E-state index is -1.16. The molecule has 1 fully saturated rings. The van der Waals surface area contributed by atoms with Crippen molar-refractivity contribution >= 4 is 11.8 Å². The van der Waals surface area contributed by atoms with Crippen LogP contribution in [-0.4, -0.2) is 41.2 Å². The van der Waals surface area contributed by atoms with Crippen molar-refractivity contribution in [2.45, 2.75) is 69.1 Å². The minimum absolute atomic E-state index is 0.108. The van der Waals surface area contributed by atoms with Crippen LogP contribution >= 0.6 is 0 Å². The highest BCUT2D eigenvalue weighted by Gasteiger charge is 2.39. The third-order valence-corrected chi connectivity index (χ3v) is 6.03. The molecule has 6 nitrogen and oxygen atoms in total. The van der Waals surface area contributed by atoms with E-state index in [1.54, 1.807) is 31.2 Å². The molecule has 0 spiro atoms. The number of aliphatic hydroxyl groups is 1. The number of methoxy groups -OCH3 is 1. The Hall–Kier alpha value is -2.67. The summed E-state index contributed by atoms with van der Waals surface area (Å²) in [6.07, 6.45) is 5.45. The van der Waals surface area contributed by atoms with Crippen molar-refractivity contribution in [1.82, 2.24) is 10.6 Å². The molecule has 0 radical (unpaired) electrons. The lowest BCUT2D eigenvalue weighted by molar-refractivity contribution is -0.125. The molecule has 3 N–H and O–H groups in total. The van der Waals surface area contributed by atoms with Gasteiger partial charge in [0.1, 0.15) is 11.6 Å². The number of carbonyl (C=O) groups excluding carboxylic acids is 2. The van der Waals surface area contributed by atoms with Gasteiger partial charge in [-0.2, -0.15) is 0 Å². The molecule has 1 aliphatic rings. The molecule has 0 bridgehead atoms. The van der Waals surface area contributed by atoms with E-state index in [4.69, 9.17) is 4.74 Å². The summed E-state index contributed by atoms with van der Waals surface area (Å²) in [6, 6.07) is 3.99. The van der Waals surface area contributed by atoms with E-state index in [1.165, 1.54) is 13.2 Å². The van der Waals surface area contributed by atoms with Crippen LogP contribution in [0.3, 0.4) is 0 Å². The number of benzene rings is 1. The van der Waals surface area contributed by atoms with Crippen molar-refractivity contribution in [3.05, 3.63) is 54.9 Å². The number of amides is 2. The third-order valence-electron chi connectivity index (χ3n) is 6.03. The molecule has 1 aliphatic heterocycles. The van der Waals surface area contributed by atoms with Crippen LogP contribution in [0.5, 0.6) is 5.75 Å². The van der Waals surface area contributed by atoms with Crippen LogP contribution < -0.4 is 15.4 Å². The van der Waals surface area contributed by atoms with E-state index in [-0.39, 0.29) is 30.5 Å². The van der Waals surface area contributed by atoms with E-state index in [9.17, 15) is 19.1 Å². The second kappa shape index (κ2) is 10.6. The van der Waals surface area contributed by atoms with Gasteiger partial charge >= 0.3 is 0 Å². The normalized spacial score (nSPS) is 19.4. The van der Waals surface area contributed by atoms with Gasteiger partial charge < -0.3 is 20.5 Å². The fourth-order valence-electron chi connectivity index (χ4n) is 4.10. The molecule has 2 rings (SSSR count). The molecule has 2 amide bonds. The van der Waals surface area contributed by atoms with Gasteiger partial charge in [0.25, 0.3) is 0 Å². The maximum absolute atomic E-state index is 14.4. The smallest absolute Gasteiger partial charge is 0.220 e.